The lowest BCUT2D eigenvalue weighted by Crippen LogP contribution is -2.09. The SMILES string of the molecule is Nc1cc(Sc2cccnc2C(F)(F)F)ccc1F. The van der Waals surface area contributed by atoms with Crippen molar-refractivity contribution in [3.8, 4) is 0 Å². The molecule has 2 aromatic rings. The van der Waals surface area contributed by atoms with Crippen LogP contribution in [-0.4, -0.2) is 4.98 Å². The van der Waals surface area contributed by atoms with Crippen molar-refractivity contribution in [3.05, 3.63) is 48.0 Å². The van der Waals surface area contributed by atoms with E-state index in [-0.39, 0.29) is 10.6 Å². The number of anilines is 1. The monoisotopic (exact) mass is 288 g/mol. The van der Waals surface area contributed by atoms with E-state index in [1.54, 1.807) is 0 Å². The molecule has 1 aromatic heterocycles. The highest BCUT2D eigenvalue weighted by Crippen LogP contribution is 2.38. The van der Waals surface area contributed by atoms with E-state index < -0.39 is 17.7 Å². The predicted octanol–water partition coefficient (Wildman–Crippen LogP) is 3.97. The molecule has 1 heterocycles. The Morgan fingerprint density at radius 1 is 1.16 bits per heavy atom. The quantitative estimate of drug-likeness (QED) is 0.671. The third-order valence-electron chi connectivity index (χ3n) is 2.23. The van der Waals surface area contributed by atoms with Crippen LogP contribution >= 0.6 is 11.8 Å². The molecule has 2 rings (SSSR count). The normalized spacial score (nSPS) is 11.6. The molecule has 0 spiro atoms. The zero-order valence-corrected chi connectivity index (χ0v) is 10.2. The molecule has 0 saturated heterocycles. The number of hydrogen-bond acceptors (Lipinski definition) is 3. The van der Waals surface area contributed by atoms with Crippen LogP contribution in [0.15, 0.2) is 46.3 Å². The Kier molecular flexibility index (Phi) is 3.66. The number of pyridine rings is 1. The Morgan fingerprint density at radius 2 is 1.89 bits per heavy atom. The van der Waals surface area contributed by atoms with Gasteiger partial charge in [0.2, 0.25) is 0 Å². The van der Waals surface area contributed by atoms with E-state index >= 15 is 0 Å². The van der Waals surface area contributed by atoms with E-state index in [0.29, 0.717) is 4.90 Å². The van der Waals surface area contributed by atoms with Crippen molar-refractivity contribution in [2.24, 2.45) is 0 Å². The molecule has 0 amide bonds. The lowest BCUT2D eigenvalue weighted by atomic mass is 10.3. The van der Waals surface area contributed by atoms with Crippen LogP contribution in [0.2, 0.25) is 0 Å². The van der Waals surface area contributed by atoms with Crippen molar-refractivity contribution in [3.63, 3.8) is 0 Å². The minimum atomic E-state index is -4.53. The van der Waals surface area contributed by atoms with Gasteiger partial charge in [-0.05, 0) is 30.3 Å². The molecule has 0 bridgehead atoms. The zero-order chi connectivity index (χ0) is 14.0. The summed E-state index contributed by atoms with van der Waals surface area (Å²) in [6.45, 7) is 0. The molecule has 2 N–H and O–H groups in total. The van der Waals surface area contributed by atoms with E-state index in [1.165, 1.54) is 24.3 Å². The number of halogens is 4. The predicted molar refractivity (Wildman–Crippen MR) is 64.2 cm³/mol. The summed E-state index contributed by atoms with van der Waals surface area (Å²) in [6.07, 6.45) is -3.46. The summed E-state index contributed by atoms with van der Waals surface area (Å²) in [7, 11) is 0. The summed E-state index contributed by atoms with van der Waals surface area (Å²) < 4.78 is 51.2. The summed E-state index contributed by atoms with van der Waals surface area (Å²) in [6, 6.07) is 6.47. The van der Waals surface area contributed by atoms with E-state index in [1.807, 2.05) is 0 Å². The Hall–Kier alpha value is -1.76. The number of nitrogens with two attached hydrogens (primary N) is 1. The third kappa shape index (κ3) is 3.17. The van der Waals surface area contributed by atoms with Crippen LogP contribution in [0, 0.1) is 5.82 Å². The van der Waals surface area contributed by atoms with Crippen molar-refractivity contribution < 1.29 is 17.6 Å². The molecule has 0 atom stereocenters. The standard InChI is InChI=1S/C12H8F4N2S/c13-8-4-3-7(6-9(8)17)19-10-2-1-5-18-11(10)12(14,15)16/h1-6H,17H2. The van der Waals surface area contributed by atoms with E-state index in [9.17, 15) is 17.6 Å². The Morgan fingerprint density at radius 3 is 2.53 bits per heavy atom. The third-order valence-corrected chi connectivity index (χ3v) is 3.27. The number of rotatable bonds is 2. The summed E-state index contributed by atoms with van der Waals surface area (Å²) in [5.74, 6) is -0.605. The molecule has 1 aromatic carbocycles. The van der Waals surface area contributed by atoms with Crippen LogP contribution in [0.1, 0.15) is 5.69 Å². The fourth-order valence-electron chi connectivity index (χ4n) is 1.40. The molecular weight excluding hydrogens is 280 g/mol. The van der Waals surface area contributed by atoms with Crippen LogP contribution in [0.3, 0.4) is 0 Å². The number of nitrogens with zero attached hydrogens (tertiary/aromatic N) is 1. The van der Waals surface area contributed by atoms with Crippen LogP contribution in [-0.2, 0) is 6.18 Å². The van der Waals surface area contributed by atoms with Crippen molar-refractivity contribution in [2.75, 3.05) is 5.73 Å². The van der Waals surface area contributed by atoms with Gasteiger partial charge >= 0.3 is 6.18 Å². The molecule has 0 unspecified atom stereocenters. The van der Waals surface area contributed by atoms with Gasteiger partial charge in [-0.15, -0.1) is 0 Å². The summed E-state index contributed by atoms with van der Waals surface area (Å²) in [5, 5.41) is 0. The smallest absolute Gasteiger partial charge is 0.396 e. The second-order valence-corrected chi connectivity index (χ2v) is 4.75. The number of aromatic nitrogens is 1. The maximum Gasteiger partial charge on any atom is 0.434 e. The van der Waals surface area contributed by atoms with Crippen LogP contribution < -0.4 is 5.73 Å². The summed E-state index contributed by atoms with van der Waals surface area (Å²) >= 11 is 0.835. The molecule has 0 aliphatic carbocycles. The summed E-state index contributed by atoms with van der Waals surface area (Å²) in [5.41, 5.74) is 4.29. The molecule has 0 aliphatic rings. The van der Waals surface area contributed by atoms with Crippen LogP contribution in [0.5, 0.6) is 0 Å². The van der Waals surface area contributed by atoms with Gasteiger partial charge < -0.3 is 5.73 Å². The van der Waals surface area contributed by atoms with E-state index in [0.717, 1.165) is 24.0 Å². The molecule has 7 heteroatoms. The second-order valence-electron chi connectivity index (χ2n) is 3.63. The topological polar surface area (TPSA) is 38.9 Å². The van der Waals surface area contributed by atoms with Gasteiger partial charge in [0.05, 0.1) is 5.69 Å². The van der Waals surface area contributed by atoms with Crippen LogP contribution in [0.25, 0.3) is 0 Å². The average molecular weight is 288 g/mol. The van der Waals surface area contributed by atoms with Crippen molar-refractivity contribution in [2.45, 2.75) is 16.0 Å². The largest absolute Gasteiger partial charge is 0.434 e. The molecule has 0 radical (unpaired) electrons. The van der Waals surface area contributed by atoms with Crippen molar-refractivity contribution >= 4 is 17.4 Å². The van der Waals surface area contributed by atoms with Gasteiger partial charge in [0, 0.05) is 16.0 Å². The molecule has 19 heavy (non-hydrogen) atoms. The Balaban J connectivity index is 2.36. The minimum absolute atomic E-state index is 0.0546. The molecule has 0 saturated carbocycles. The lowest BCUT2D eigenvalue weighted by molar-refractivity contribution is -0.143. The summed E-state index contributed by atoms with van der Waals surface area (Å²) in [4.78, 5) is 3.69. The van der Waals surface area contributed by atoms with Crippen molar-refractivity contribution in [1.29, 1.82) is 0 Å². The molecule has 2 nitrogen and oxygen atoms in total. The molecular formula is C12H8F4N2S. The first-order chi connectivity index (χ1) is 8.88. The fourth-order valence-corrected chi connectivity index (χ4v) is 2.39. The van der Waals surface area contributed by atoms with Crippen LogP contribution in [0.4, 0.5) is 23.2 Å². The highest BCUT2D eigenvalue weighted by atomic mass is 32.2. The lowest BCUT2D eigenvalue weighted by Gasteiger charge is -2.11. The first-order valence-corrected chi connectivity index (χ1v) is 5.94. The maximum absolute atomic E-state index is 13.0. The van der Waals surface area contributed by atoms with Gasteiger partial charge in [0.25, 0.3) is 0 Å². The highest BCUT2D eigenvalue weighted by molar-refractivity contribution is 7.99. The van der Waals surface area contributed by atoms with E-state index in [4.69, 9.17) is 5.73 Å². The van der Waals surface area contributed by atoms with Gasteiger partial charge in [-0.3, -0.25) is 4.98 Å². The Bertz CT molecular complexity index is 599. The number of benzene rings is 1. The van der Waals surface area contributed by atoms with Gasteiger partial charge in [-0.25, -0.2) is 4.39 Å². The van der Waals surface area contributed by atoms with Gasteiger partial charge in [-0.2, -0.15) is 13.2 Å². The maximum atomic E-state index is 13.0. The van der Waals surface area contributed by atoms with Gasteiger partial charge in [0.1, 0.15) is 5.82 Å². The molecule has 100 valence electrons. The first-order valence-electron chi connectivity index (χ1n) is 5.13. The van der Waals surface area contributed by atoms with Crippen molar-refractivity contribution in [1.82, 2.24) is 4.98 Å². The number of nitrogen functional groups attached to an aromatic ring is 1. The van der Waals surface area contributed by atoms with Gasteiger partial charge in [-0.1, -0.05) is 11.8 Å². The average Bonchev–Trinajstić information content (AvgIpc) is 2.33. The molecule has 0 fully saturated rings. The second kappa shape index (κ2) is 5.08. The number of alkyl halides is 3. The van der Waals surface area contributed by atoms with Gasteiger partial charge in [0.15, 0.2) is 5.69 Å². The first kappa shape index (κ1) is 13.7. The Labute approximate surface area is 110 Å². The zero-order valence-electron chi connectivity index (χ0n) is 9.41. The minimum Gasteiger partial charge on any atom is -0.396 e. The van der Waals surface area contributed by atoms with E-state index in [2.05, 4.69) is 4.98 Å². The highest BCUT2D eigenvalue weighted by Gasteiger charge is 2.35. The number of hydrogen-bond donors (Lipinski definition) is 1. The molecule has 0 aliphatic heterocycles. The fraction of sp³-hybridized carbons (Fsp3) is 0.0833.